The Morgan fingerprint density at radius 1 is 1.41 bits per heavy atom. The number of benzene rings is 1. The van der Waals surface area contributed by atoms with Crippen LogP contribution in [-0.4, -0.2) is 19.2 Å². The highest BCUT2D eigenvalue weighted by atomic mass is 79.9. The summed E-state index contributed by atoms with van der Waals surface area (Å²) in [6.07, 6.45) is 4.94. The first-order valence-electron chi connectivity index (χ1n) is 6.07. The number of ether oxygens (including phenoxy) is 1. The highest BCUT2D eigenvalue weighted by Gasteiger charge is 2.12. The van der Waals surface area contributed by atoms with Gasteiger partial charge in [0.25, 0.3) is 0 Å². The lowest BCUT2D eigenvalue weighted by Gasteiger charge is -2.23. The molecule has 1 atom stereocenters. The fourth-order valence-corrected chi connectivity index (χ4v) is 2.80. The minimum absolute atomic E-state index is 0.609. The molecule has 0 radical (unpaired) electrons. The van der Waals surface area contributed by atoms with E-state index in [1.807, 2.05) is 18.2 Å². The standard InChI is InChI=1S/C13H17BrClNO/c14-10-4-5-13(12(15)9-10)17-8-6-11-3-1-2-7-16-11/h4-5,9,11,16H,1-3,6-8H2. The molecule has 1 aliphatic rings. The monoisotopic (exact) mass is 317 g/mol. The summed E-state index contributed by atoms with van der Waals surface area (Å²) in [5.74, 6) is 0.769. The lowest BCUT2D eigenvalue weighted by atomic mass is 10.0. The van der Waals surface area contributed by atoms with Gasteiger partial charge in [-0.15, -0.1) is 0 Å². The summed E-state index contributed by atoms with van der Waals surface area (Å²) in [6.45, 7) is 1.86. The third-order valence-corrected chi connectivity index (χ3v) is 3.82. The third kappa shape index (κ3) is 4.16. The molecule has 2 rings (SSSR count). The smallest absolute Gasteiger partial charge is 0.137 e. The van der Waals surface area contributed by atoms with Crippen LogP contribution in [0.3, 0.4) is 0 Å². The van der Waals surface area contributed by atoms with E-state index in [2.05, 4.69) is 21.2 Å². The van der Waals surface area contributed by atoms with Crippen LogP contribution in [-0.2, 0) is 0 Å². The molecule has 0 spiro atoms. The van der Waals surface area contributed by atoms with Crippen LogP contribution < -0.4 is 10.1 Å². The molecule has 1 fully saturated rings. The zero-order chi connectivity index (χ0) is 12.1. The quantitative estimate of drug-likeness (QED) is 0.905. The van der Waals surface area contributed by atoms with Gasteiger partial charge in [-0.1, -0.05) is 34.0 Å². The van der Waals surface area contributed by atoms with Gasteiger partial charge in [-0.05, 0) is 44.0 Å². The van der Waals surface area contributed by atoms with Crippen LogP contribution >= 0.6 is 27.5 Å². The Labute approximate surface area is 116 Å². The predicted molar refractivity (Wildman–Crippen MR) is 74.9 cm³/mol. The van der Waals surface area contributed by atoms with Crippen molar-refractivity contribution >= 4 is 27.5 Å². The molecule has 0 aromatic heterocycles. The molecule has 17 heavy (non-hydrogen) atoms. The second-order valence-corrected chi connectivity index (χ2v) is 5.68. The summed E-state index contributed by atoms with van der Waals surface area (Å²) in [4.78, 5) is 0. The van der Waals surface area contributed by atoms with E-state index in [-0.39, 0.29) is 0 Å². The largest absolute Gasteiger partial charge is 0.492 e. The number of halogens is 2. The lowest BCUT2D eigenvalue weighted by molar-refractivity contribution is 0.268. The lowest BCUT2D eigenvalue weighted by Crippen LogP contribution is -2.35. The van der Waals surface area contributed by atoms with Crippen LogP contribution in [0, 0.1) is 0 Å². The van der Waals surface area contributed by atoms with Gasteiger partial charge in [0.05, 0.1) is 11.6 Å². The Kier molecular flexibility index (Phi) is 5.14. The van der Waals surface area contributed by atoms with E-state index < -0.39 is 0 Å². The first kappa shape index (κ1) is 13.2. The average molecular weight is 319 g/mol. The van der Waals surface area contributed by atoms with Crippen molar-refractivity contribution in [3.63, 3.8) is 0 Å². The molecule has 94 valence electrons. The molecular formula is C13H17BrClNO. The molecule has 1 aromatic rings. The molecule has 0 bridgehead atoms. The van der Waals surface area contributed by atoms with Crippen LogP contribution in [0.2, 0.25) is 5.02 Å². The van der Waals surface area contributed by atoms with Crippen molar-refractivity contribution < 1.29 is 4.74 Å². The van der Waals surface area contributed by atoms with Gasteiger partial charge in [0.2, 0.25) is 0 Å². The van der Waals surface area contributed by atoms with E-state index in [1.165, 1.54) is 19.3 Å². The molecule has 4 heteroatoms. The van der Waals surface area contributed by atoms with Gasteiger partial charge in [-0.25, -0.2) is 0 Å². The molecule has 0 aliphatic carbocycles. The van der Waals surface area contributed by atoms with Gasteiger partial charge in [0, 0.05) is 10.5 Å². The first-order valence-corrected chi connectivity index (χ1v) is 7.24. The van der Waals surface area contributed by atoms with Crippen molar-refractivity contribution in [2.24, 2.45) is 0 Å². The van der Waals surface area contributed by atoms with Crippen LogP contribution in [0.1, 0.15) is 25.7 Å². The number of hydrogen-bond donors (Lipinski definition) is 1. The normalized spacial score (nSPS) is 20.2. The highest BCUT2D eigenvalue weighted by molar-refractivity contribution is 9.10. The maximum Gasteiger partial charge on any atom is 0.137 e. The van der Waals surface area contributed by atoms with Gasteiger partial charge in [0.15, 0.2) is 0 Å². The van der Waals surface area contributed by atoms with Crippen molar-refractivity contribution in [1.82, 2.24) is 5.32 Å². The van der Waals surface area contributed by atoms with Crippen LogP contribution in [0.5, 0.6) is 5.75 Å². The summed E-state index contributed by atoms with van der Waals surface area (Å²) in [5.41, 5.74) is 0. The Morgan fingerprint density at radius 2 is 2.29 bits per heavy atom. The van der Waals surface area contributed by atoms with Gasteiger partial charge in [-0.2, -0.15) is 0 Å². The molecule has 1 heterocycles. The topological polar surface area (TPSA) is 21.3 Å². The third-order valence-electron chi connectivity index (χ3n) is 3.03. The van der Waals surface area contributed by atoms with E-state index in [9.17, 15) is 0 Å². The second kappa shape index (κ2) is 6.62. The molecule has 1 aromatic carbocycles. The Morgan fingerprint density at radius 3 is 3.00 bits per heavy atom. The van der Waals surface area contributed by atoms with Crippen LogP contribution in [0.4, 0.5) is 0 Å². The summed E-state index contributed by atoms with van der Waals surface area (Å²) >= 11 is 9.46. The minimum Gasteiger partial charge on any atom is -0.492 e. The van der Waals surface area contributed by atoms with Gasteiger partial charge >= 0.3 is 0 Å². The van der Waals surface area contributed by atoms with Crippen molar-refractivity contribution in [1.29, 1.82) is 0 Å². The van der Waals surface area contributed by atoms with E-state index >= 15 is 0 Å². The van der Waals surface area contributed by atoms with E-state index in [0.29, 0.717) is 11.1 Å². The fraction of sp³-hybridized carbons (Fsp3) is 0.538. The average Bonchev–Trinajstić information content (AvgIpc) is 2.33. The number of rotatable bonds is 4. The van der Waals surface area contributed by atoms with Crippen molar-refractivity contribution in [2.45, 2.75) is 31.7 Å². The summed E-state index contributed by atoms with van der Waals surface area (Å²) < 4.78 is 6.68. The van der Waals surface area contributed by atoms with Crippen molar-refractivity contribution in [3.8, 4) is 5.75 Å². The fourth-order valence-electron chi connectivity index (χ4n) is 2.07. The zero-order valence-electron chi connectivity index (χ0n) is 9.72. The zero-order valence-corrected chi connectivity index (χ0v) is 12.1. The van der Waals surface area contributed by atoms with Crippen LogP contribution in [0.25, 0.3) is 0 Å². The molecule has 1 saturated heterocycles. The van der Waals surface area contributed by atoms with Crippen molar-refractivity contribution in [3.05, 3.63) is 27.7 Å². The molecule has 1 unspecified atom stereocenters. The maximum absolute atomic E-state index is 6.08. The summed E-state index contributed by atoms with van der Waals surface area (Å²) in [5, 5.41) is 4.17. The number of hydrogen-bond acceptors (Lipinski definition) is 2. The molecular weight excluding hydrogens is 302 g/mol. The molecule has 2 nitrogen and oxygen atoms in total. The Hall–Kier alpha value is -0.250. The van der Waals surface area contributed by atoms with Crippen molar-refractivity contribution in [2.75, 3.05) is 13.2 Å². The highest BCUT2D eigenvalue weighted by Crippen LogP contribution is 2.27. The molecule has 0 amide bonds. The minimum atomic E-state index is 0.609. The van der Waals surface area contributed by atoms with Gasteiger partial charge in [-0.3, -0.25) is 0 Å². The molecule has 1 N–H and O–H groups in total. The van der Waals surface area contributed by atoms with Gasteiger partial charge in [0.1, 0.15) is 5.75 Å². The van der Waals surface area contributed by atoms with Crippen LogP contribution in [0.15, 0.2) is 22.7 Å². The Bertz CT molecular complexity index is 366. The molecule has 0 saturated carbocycles. The SMILES string of the molecule is Clc1cc(Br)ccc1OCCC1CCCCN1. The maximum atomic E-state index is 6.08. The second-order valence-electron chi connectivity index (χ2n) is 4.36. The summed E-state index contributed by atoms with van der Waals surface area (Å²) in [6, 6.07) is 6.31. The first-order chi connectivity index (χ1) is 8.25. The summed E-state index contributed by atoms with van der Waals surface area (Å²) in [7, 11) is 0. The van der Waals surface area contributed by atoms with E-state index in [0.717, 1.165) is 29.8 Å². The van der Waals surface area contributed by atoms with Gasteiger partial charge < -0.3 is 10.1 Å². The predicted octanol–water partition coefficient (Wildman–Crippen LogP) is 4.01. The van der Waals surface area contributed by atoms with E-state index in [4.69, 9.17) is 16.3 Å². The molecule has 1 aliphatic heterocycles. The Balaban J connectivity index is 1.77. The number of nitrogens with one attached hydrogen (secondary N) is 1. The number of piperidine rings is 1. The van der Waals surface area contributed by atoms with E-state index in [1.54, 1.807) is 0 Å².